The second-order valence-electron chi connectivity index (χ2n) is 7.66. The summed E-state index contributed by atoms with van der Waals surface area (Å²) in [5.41, 5.74) is -0.209. The number of ketones is 1. The Balaban J connectivity index is 2.49. The number of rotatable bonds is 11. The highest BCUT2D eigenvalue weighted by atomic mass is 32.2. The quantitative estimate of drug-likeness (QED) is 0.342. The van der Waals surface area contributed by atoms with Crippen molar-refractivity contribution in [2.45, 2.75) is 52.0 Å². The molecular weight excluding hydrogens is 378 g/mol. The van der Waals surface area contributed by atoms with Crippen molar-refractivity contribution in [1.82, 2.24) is 5.32 Å². The van der Waals surface area contributed by atoms with Crippen molar-refractivity contribution in [3.05, 3.63) is 29.8 Å². The fraction of sp³-hybridized carbons (Fsp3) is 0.571. The van der Waals surface area contributed by atoms with Crippen LogP contribution in [-0.4, -0.2) is 49.3 Å². The molecule has 6 nitrogen and oxygen atoms in total. The molecule has 0 spiro atoms. The number of carbonyl (C=O) groups excluding carboxylic acids is 3. The predicted molar refractivity (Wildman–Crippen MR) is 111 cm³/mol. The van der Waals surface area contributed by atoms with E-state index in [-0.39, 0.29) is 30.2 Å². The summed E-state index contributed by atoms with van der Waals surface area (Å²) in [6.45, 7) is 10.2. The second kappa shape index (κ2) is 11.9. The van der Waals surface area contributed by atoms with Crippen molar-refractivity contribution >= 4 is 29.4 Å². The molecule has 0 aliphatic rings. The highest BCUT2D eigenvalue weighted by Crippen LogP contribution is 2.23. The van der Waals surface area contributed by atoms with Crippen LogP contribution in [0.1, 0.15) is 51.4 Å². The average molecular weight is 410 g/mol. The molecule has 0 fully saturated rings. The van der Waals surface area contributed by atoms with Gasteiger partial charge in [0, 0.05) is 23.5 Å². The molecule has 1 aromatic carbocycles. The molecule has 0 unspecified atom stereocenters. The summed E-state index contributed by atoms with van der Waals surface area (Å²) < 4.78 is 10.6. The van der Waals surface area contributed by atoms with Crippen molar-refractivity contribution in [2.24, 2.45) is 5.41 Å². The number of nitrogens with one attached hydrogen (secondary N) is 1. The van der Waals surface area contributed by atoms with Gasteiger partial charge in [-0.05, 0) is 32.4 Å². The first-order chi connectivity index (χ1) is 13.1. The second-order valence-corrected chi connectivity index (χ2v) is 8.67. The Morgan fingerprint density at radius 3 is 2.46 bits per heavy atom. The molecule has 0 saturated heterocycles. The standard InChI is InChI=1S/C21H31NO5S/c1-15(2)26-12-8-11-22-19(24)14-28-17-10-7-6-9-16(17)20(25)27-13-18(23)21(3,4)5/h6-7,9-10,15H,8,11-14H2,1-5H3,(H,22,24). The number of hydrogen-bond donors (Lipinski definition) is 1. The highest BCUT2D eigenvalue weighted by Gasteiger charge is 2.23. The zero-order valence-corrected chi connectivity index (χ0v) is 18.2. The summed E-state index contributed by atoms with van der Waals surface area (Å²) in [6, 6.07) is 6.91. The first kappa shape index (κ1) is 24.2. The van der Waals surface area contributed by atoms with Crippen molar-refractivity contribution < 1.29 is 23.9 Å². The van der Waals surface area contributed by atoms with Crippen LogP contribution in [0.4, 0.5) is 0 Å². The number of esters is 1. The minimum Gasteiger partial charge on any atom is -0.454 e. The maximum absolute atomic E-state index is 12.3. The maximum Gasteiger partial charge on any atom is 0.339 e. The maximum atomic E-state index is 12.3. The Hall–Kier alpha value is -1.86. The van der Waals surface area contributed by atoms with Gasteiger partial charge in [0.05, 0.1) is 17.4 Å². The van der Waals surface area contributed by atoms with E-state index in [1.54, 1.807) is 45.0 Å². The van der Waals surface area contributed by atoms with Gasteiger partial charge in [0.25, 0.3) is 0 Å². The van der Waals surface area contributed by atoms with Crippen LogP contribution in [-0.2, 0) is 19.1 Å². The van der Waals surface area contributed by atoms with Gasteiger partial charge in [0.15, 0.2) is 12.4 Å². The molecule has 28 heavy (non-hydrogen) atoms. The van der Waals surface area contributed by atoms with Gasteiger partial charge in [0.1, 0.15) is 0 Å². The molecule has 0 saturated carbocycles. The fourth-order valence-electron chi connectivity index (χ4n) is 2.00. The number of ether oxygens (including phenoxy) is 2. The molecule has 1 aromatic rings. The SMILES string of the molecule is CC(C)OCCCNC(=O)CSc1ccccc1C(=O)OCC(=O)C(C)(C)C. The van der Waals surface area contributed by atoms with Crippen LogP contribution in [0.3, 0.4) is 0 Å². The van der Waals surface area contributed by atoms with Gasteiger partial charge in [-0.3, -0.25) is 9.59 Å². The lowest BCUT2D eigenvalue weighted by Gasteiger charge is -2.16. The topological polar surface area (TPSA) is 81.7 Å². The number of hydrogen-bond acceptors (Lipinski definition) is 6. The van der Waals surface area contributed by atoms with E-state index in [2.05, 4.69) is 5.32 Å². The summed E-state index contributed by atoms with van der Waals surface area (Å²) in [6.07, 6.45) is 0.931. The van der Waals surface area contributed by atoms with Gasteiger partial charge >= 0.3 is 5.97 Å². The van der Waals surface area contributed by atoms with Gasteiger partial charge < -0.3 is 14.8 Å². The summed E-state index contributed by atoms with van der Waals surface area (Å²) in [5.74, 6) is -0.629. The van der Waals surface area contributed by atoms with Gasteiger partial charge in [-0.25, -0.2) is 4.79 Å². The molecule has 0 aliphatic carbocycles. The van der Waals surface area contributed by atoms with E-state index in [0.29, 0.717) is 23.6 Å². The van der Waals surface area contributed by atoms with Gasteiger partial charge in [0.2, 0.25) is 5.91 Å². The zero-order valence-electron chi connectivity index (χ0n) is 17.4. The van der Waals surface area contributed by atoms with Crippen molar-refractivity contribution in [1.29, 1.82) is 0 Å². The normalized spacial score (nSPS) is 11.4. The van der Waals surface area contributed by atoms with E-state index in [9.17, 15) is 14.4 Å². The van der Waals surface area contributed by atoms with Gasteiger partial charge in [-0.2, -0.15) is 0 Å². The molecular formula is C21H31NO5S. The molecule has 0 bridgehead atoms. The smallest absolute Gasteiger partial charge is 0.339 e. The lowest BCUT2D eigenvalue weighted by Crippen LogP contribution is -2.27. The lowest BCUT2D eigenvalue weighted by molar-refractivity contribution is -0.129. The third-order valence-corrected chi connectivity index (χ3v) is 4.80. The summed E-state index contributed by atoms with van der Waals surface area (Å²) >= 11 is 1.26. The molecule has 1 amide bonds. The Morgan fingerprint density at radius 2 is 1.82 bits per heavy atom. The molecule has 0 radical (unpaired) electrons. The van der Waals surface area contributed by atoms with E-state index in [1.807, 2.05) is 13.8 Å². The summed E-state index contributed by atoms with van der Waals surface area (Å²) in [5, 5.41) is 2.83. The van der Waals surface area contributed by atoms with E-state index >= 15 is 0 Å². The third kappa shape index (κ3) is 9.37. The van der Waals surface area contributed by atoms with Crippen LogP contribution in [0.25, 0.3) is 0 Å². The van der Waals surface area contributed by atoms with Crippen LogP contribution in [0, 0.1) is 5.41 Å². The van der Waals surface area contributed by atoms with Crippen molar-refractivity contribution in [3.63, 3.8) is 0 Å². The Morgan fingerprint density at radius 1 is 1.14 bits per heavy atom. The summed E-state index contributed by atoms with van der Waals surface area (Å²) in [4.78, 5) is 36.9. The van der Waals surface area contributed by atoms with Crippen LogP contribution >= 0.6 is 11.8 Å². The Bertz CT molecular complexity index is 667. The van der Waals surface area contributed by atoms with E-state index in [4.69, 9.17) is 9.47 Å². The summed E-state index contributed by atoms with van der Waals surface area (Å²) in [7, 11) is 0. The number of amides is 1. The molecule has 0 atom stereocenters. The molecule has 1 N–H and O–H groups in total. The largest absolute Gasteiger partial charge is 0.454 e. The third-order valence-electron chi connectivity index (χ3n) is 3.73. The van der Waals surface area contributed by atoms with Gasteiger partial charge in [-0.15, -0.1) is 11.8 Å². The predicted octanol–water partition coefficient (Wildman–Crippen LogP) is 3.48. The van der Waals surface area contributed by atoms with Gasteiger partial charge in [-0.1, -0.05) is 32.9 Å². The monoisotopic (exact) mass is 409 g/mol. The molecule has 7 heteroatoms. The zero-order chi connectivity index (χ0) is 21.2. The van der Waals surface area contributed by atoms with E-state index < -0.39 is 11.4 Å². The van der Waals surface area contributed by atoms with E-state index in [0.717, 1.165) is 6.42 Å². The average Bonchev–Trinajstić information content (AvgIpc) is 2.63. The Kier molecular flexibility index (Phi) is 10.2. The van der Waals surface area contributed by atoms with Crippen LogP contribution in [0.2, 0.25) is 0 Å². The van der Waals surface area contributed by atoms with Crippen molar-refractivity contribution in [2.75, 3.05) is 25.5 Å². The lowest BCUT2D eigenvalue weighted by atomic mass is 9.91. The minimum absolute atomic E-state index is 0.111. The molecule has 0 heterocycles. The molecule has 156 valence electrons. The minimum atomic E-state index is -0.563. The highest BCUT2D eigenvalue weighted by molar-refractivity contribution is 8.00. The van der Waals surface area contributed by atoms with Crippen molar-refractivity contribution in [3.8, 4) is 0 Å². The fourth-order valence-corrected chi connectivity index (χ4v) is 2.87. The first-order valence-electron chi connectivity index (χ1n) is 9.42. The van der Waals surface area contributed by atoms with Crippen LogP contribution in [0.15, 0.2) is 29.2 Å². The molecule has 0 aliphatic heterocycles. The molecule has 1 rings (SSSR count). The van der Waals surface area contributed by atoms with Crippen LogP contribution in [0.5, 0.6) is 0 Å². The van der Waals surface area contributed by atoms with E-state index in [1.165, 1.54) is 11.8 Å². The molecule has 0 aromatic heterocycles. The number of carbonyl (C=O) groups is 3. The number of thioether (sulfide) groups is 1. The first-order valence-corrected chi connectivity index (χ1v) is 10.4. The van der Waals surface area contributed by atoms with Crippen LogP contribution < -0.4 is 5.32 Å². The number of Topliss-reactive ketones (excluding diaryl/α,β-unsaturated/α-hetero) is 1. The number of benzene rings is 1. The Labute approximate surface area is 171 Å².